The molecule has 0 saturated heterocycles. The predicted octanol–water partition coefficient (Wildman–Crippen LogP) is 4.20. The van der Waals surface area contributed by atoms with Crippen molar-refractivity contribution in [3.8, 4) is 11.1 Å². The van der Waals surface area contributed by atoms with Crippen molar-refractivity contribution in [2.45, 2.75) is 26.7 Å². The van der Waals surface area contributed by atoms with Crippen LogP contribution in [0, 0.1) is 0 Å². The van der Waals surface area contributed by atoms with Gasteiger partial charge >= 0.3 is 0 Å². The Morgan fingerprint density at radius 1 is 1.00 bits per heavy atom. The minimum Gasteiger partial charge on any atom is -0.369 e. The van der Waals surface area contributed by atoms with Gasteiger partial charge in [-0.15, -0.1) is 12.4 Å². The van der Waals surface area contributed by atoms with Crippen molar-refractivity contribution < 1.29 is 0 Å². The molecule has 0 bridgehead atoms. The van der Waals surface area contributed by atoms with Crippen LogP contribution in [0.1, 0.15) is 32.3 Å². The molecule has 0 atom stereocenters. The summed E-state index contributed by atoms with van der Waals surface area (Å²) in [5.74, 6) is 0.360. The molecule has 5 heteroatoms. The average molecular weight is 345 g/mol. The van der Waals surface area contributed by atoms with Gasteiger partial charge in [-0.05, 0) is 30.0 Å². The zero-order valence-corrected chi connectivity index (χ0v) is 15.0. The second-order valence-corrected chi connectivity index (χ2v) is 5.37. The van der Waals surface area contributed by atoms with Crippen LogP contribution in [0.3, 0.4) is 0 Å². The van der Waals surface area contributed by atoms with Gasteiger partial charge in [0.25, 0.3) is 0 Å². The predicted molar refractivity (Wildman–Crippen MR) is 106 cm³/mol. The minimum atomic E-state index is 0. The van der Waals surface area contributed by atoms with Crippen LogP contribution in [-0.2, 0) is 0 Å². The molecule has 0 radical (unpaired) electrons. The summed E-state index contributed by atoms with van der Waals surface area (Å²) < 4.78 is 0. The number of halogens is 1. The Morgan fingerprint density at radius 3 is 2.25 bits per heavy atom. The molecule has 2 aromatic carbocycles. The van der Waals surface area contributed by atoms with Gasteiger partial charge in [0.05, 0.1) is 5.71 Å². The highest BCUT2D eigenvalue weighted by atomic mass is 35.5. The summed E-state index contributed by atoms with van der Waals surface area (Å²) >= 11 is 0. The first-order valence-electron chi connectivity index (χ1n) is 7.96. The van der Waals surface area contributed by atoms with Crippen molar-refractivity contribution >= 4 is 24.1 Å². The lowest BCUT2D eigenvalue weighted by molar-refractivity contribution is 0.799. The number of aliphatic imine (C=N–C) groups is 1. The maximum atomic E-state index is 5.77. The molecule has 0 heterocycles. The Labute approximate surface area is 150 Å². The molecule has 0 amide bonds. The molecule has 128 valence electrons. The highest BCUT2D eigenvalue weighted by molar-refractivity contribution is 5.99. The average Bonchev–Trinajstić information content (AvgIpc) is 2.61. The minimum absolute atomic E-state index is 0. The first-order valence-corrected chi connectivity index (χ1v) is 7.96. The van der Waals surface area contributed by atoms with E-state index in [-0.39, 0.29) is 12.4 Å². The molecule has 0 aromatic heterocycles. The molecule has 0 spiro atoms. The van der Waals surface area contributed by atoms with E-state index in [0.717, 1.165) is 30.7 Å². The number of guanidine groups is 1. The van der Waals surface area contributed by atoms with E-state index in [0.29, 0.717) is 5.96 Å². The van der Waals surface area contributed by atoms with Gasteiger partial charge in [0.1, 0.15) is 0 Å². The summed E-state index contributed by atoms with van der Waals surface area (Å²) in [5, 5.41) is 4.29. The van der Waals surface area contributed by atoms with Crippen molar-refractivity contribution in [2.75, 3.05) is 6.54 Å². The number of hydrogen-bond donors (Lipinski definition) is 2. The van der Waals surface area contributed by atoms with E-state index in [9.17, 15) is 0 Å². The van der Waals surface area contributed by atoms with Crippen molar-refractivity contribution in [3.63, 3.8) is 0 Å². The van der Waals surface area contributed by atoms with Gasteiger partial charge in [0.2, 0.25) is 5.96 Å². The van der Waals surface area contributed by atoms with E-state index in [4.69, 9.17) is 5.73 Å². The van der Waals surface area contributed by atoms with E-state index in [1.54, 1.807) is 0 Å². The maximum Gasteiger partial charge on any atom is 0.209 e. The first-order chi connectivity index (χ1) is 11.2. The van der Waals surface area contributed by atoms with E-state index >= 15 is 0 Å². The third-order valence-electron chi connectivity index (χ3n) is 3.54. The third kappa shape index (κ3) is 6.05. The summed E-state index contributed by atoms with van der Waals surface area (Å²) in [6.45, 7) is 4.81. The lowest BCUT2D eigenvalue weighted by Gasteiger charge is -2.05. The molecule has 2 rings (SSSR count). The third-order valence-corrected chi connectivity index (χ3v) is 3.54. The smallest absolute Gasteiger partial charge is 0.209 e. The highest BCUT2D eigenvalue weighted by Crippen LogP contribution is 2.19. The number of nitrogens with two attached hydrogens (primary N) is 1. The van der Waals surface area contributed by atoms with Crippen LogP contribution in [-0.4, -0.2) is 18.2 Å². The zero-order chi connectivity index (χ0) is 16.5. The van der Waals surface area contributed by atoms with Gasteiger partial charge in [0, 0.05) is 6.54 Å². The lowest BCUT2D eigenvalue weighted by Crippen LogP contribution is -2.28. The molecular formula is C19H25ClN4. The second kappa shape index (κ2) is 10.4. The van der Waals surface area contributed by atoms with Crippen LogP contribution in [0.4, 0.5) is 0 Å². The fourth-order valence-electron chi connectivity index (χ4n) is 2.13. The Kier molecular flexibility index (Phi) is 8.58. The fraction of sp³-hybridized carbons (Fsp3) is 0.263. The van der Waals surface area contributed by atoms with Crippen molar-refractivity contribution in [3.05, 3.63) is 60.2 Å². The molecule has 3 N–H and O–H groups in total. The number of unbranched alkanes of at least 4 members (excludes halogenated alkanes) is 1. The first kappa shape index (κ1) is 19.7. The molecule has 24 heavy (non-hydrogen) atoms. The molecule has 0 aliphatic heterocycles. The monoisotopic (exact) mass is 344 g/mol. The topological polar surface area (TPSA) is 62.8 Å². The molecule has 0 fully saturated rings. The van der Waals surface area contributed by atoms with Crippen LogP contribution in [0.5, 0.6) is 0 Å². The van der Waals surface area contributed by atoms with Gasteiger partial charge in [-0.25, -0.2) is 5.43 Å². The lowest BCUT2D eigenvalue weighted by atomic mass is 10.0. The number of hydrogen-bond acceptors (Lipinski definition) is 2. The van der Waals surface area contributed by atoms with Crippen molar-refractivity contribution in [1.82, 2.24) is 5.43 Å². The van der Waals surface area contributed by atoms with Crippen LogP contribution in [0.2, 0.25) is 0 Å². The van der Waals surface area contributed by atoms with Gasteiger partial charge < -0.3 is 5.73 Å². The molecule has 0 aliphatic carbocycles. The largest absolute Gasteiger partial charge is 0.369 e. The summed E-state index contributed by atoms with van der Waals surface area (Å²) in [4.78, 5) is 4.21. The zero-order valence-electron chi connectivity index (χ0n) is 14.2. The quantitative estimate of drug-likeness (QED) is 0.357. The SMILES string of the molecule is CCCCN=C(N)NN=C(C)c1ccc(-c2ccccc2)cc1.Cl. The van der Waals surface area contributed by atoms with Crippen molar-refractivity contribution in [2.24, 2.45) is 15.8 Å². The summed E-state index contributed by atoms with van der Waals surface area (Å²) in [5.41, 5.74) is 12.9. The van der Waals surface area contributed by atoms with E-state index in [2.05, 4.69) is 58.8 Å². The molecule has 2 aromatic rings. The molecular weight excluding hydrogens is 320 g/mol. The number of nitrogens with zero attached hydrogens (tertiary/aromatic N) is 2. The summed E-state index contributed by atoms with van der Waals surface area (Å²) in [6.07, 6.45) is 2.14. The Morgan fingerprint density at radius 2 is 1.62 bits per heavy atom. The Balaban J connectivity index is 0.00000288. The van der Waals surface area contributed by atoms with Gasteiger partial charge in [-0.3, -0.25) is 4.99 Å². The second-order valence-electron chi connectivity index (χ2n) is 5.37. The highest BCUT2D eigenvalue weighted by Gasteiger charge is 2.00. The molecule has 0 saturated carbocycles. The normalized spacial score (nSPS) is 11.8. The summed E-state index contributed by atoms with van der Waals surface area (Å²) in [7, 11) is 0. The number of benzene rings is 2. The Hall–Kier alpha value is -2.33. The van der Waals surface area contributed by atoms with Gasteiger partial charge in [-0.2, -0.15) is 5.10 Å². The van der Waals surface area contributed by atoms with Crippen LogP contribution >= 0.6 is 12.4 Å². The number of rotatable bonds is 6. The number of nitrogens with one attached hydrogen (secondary N) is 1. The van der Waals surface area contributed by atoms with Crippen LogP contribution in [0.25, 0.3) is 11.1 Å². The van der Waals surface area contributed by atoms with Gasteiger partial charge in [0.15, 0.2) is 0 Å². The van der Waals surface area contributed by atoms with E-state index in [1.807, 2.05) is 25.1 Å². The van der Waals surface area contributed by atoms with Gasteiger partial charge in [-0.1, -0.05) is 67.9 Å². The fourth-order valence-corrected chi connectivity index (χ4v) is 2.13. The van der Waals surface area contributed by atoms with Crippen molar-refractivity contribution in [1.29, 1.82) is 0 Å². The maximum absolute atomic E-state index is 5.77. The van der Waals surface area contributed by atoms with E-state index < -0.39 is 0 Å². The molecule has 0 unspecified atom stereocenters. The summed E-state index contributed by atoms with van der Waals surface area (Å²) in [6, 6.07) is 18.6. The van der Waals surface area contributed by atoms with Crippen LogP contribution in [0.15, 0.2) is 64.7 Å². The van der Waals surface area contributed by atoms with E-state index in [1.165, 1.54) is 11.1 Å². The Bertz CT molecular complexity index is 664. The van der Waals surface area contributed by atoms with Crippen LogP contribution < -0.4 is 11.2 Å². The standard InChI is InChI=1S/C19H24N4.ClH/c1-3-4-14-21-19(20)23-22-15(2)16-10-12-18(13-11-16)17-8-6-5-7-9-17;/h5-13H,3-4,14H2,1-2H3,(H3,20,21,23);1H. The molecule has 0 aliphatic rings. The molecule has 4 nitrogen and oxygen atoms in total. The number of hydrazone groups is 1.